The van der Waals surface area contributed by atoms with Gasteiger partial charge in [-0.2, -0.15) is 0 Å². The van der Waals surface area contributed by atoms with Crippen molar-refractivity contribution < 1.29 is 13.2 Å². The van der Waals surface area contributed by atoms with Crippen LogP contribution in [0.25, 0.3) is 0 Å². The van der Waals surface area contributed by atoms with Gasteiger partial charge in [0.05, 0.1) is 22.3 Å². The van der Waals surface area contributed by atoms with E-state index in [9.17, 15) is 8.42 Å². The van der Waals surface area contributed by atoms with Crippen molar-refractivity contribution in [3.63, 3.8) is 0 Å². The molecule has 0 heterocycles. The van der Waals surface area contributed by atoms with Gasteiger partial charge in [0.1, 0.15) is 5.75 Å². The van der Waals surface area contributed by atoms with Gasteiger partial charge < -0.3 is 4.74 Å². The molecular weight excluding hydrogens is 331 g/mol. The molecule has 1 aromatic rings. The lowest BCUT2D eigenvalue weighted by atomic mass is 10.0. The summed E-state index contributed by atoms with van der Waals surface area (Å²) >= 11 is 18.4. The Balaban J connectivity index is 3.36. The third kappa shape index (κ3) is 3.30. The van der Waals surface area contributed by atoms with E-state index in [1.807, 2.05) is 0 Å². The third-order valence-electron chi connectivity index (χ3n) is 3.11. The topological polar surface area (TPSA) is 43.4 Å². The van der Waals surface area contributed by atoms with E-state index in [1.165, 1.54) is 19.2 Å². The van der Waals surface area contributed by atoms with Gasteiger partial charge >= 0.3 is 0 Å². The van der Waals surface area contributed by atoms with Crippen molar-refractivity contribution in [2.45, 2.75) is 24.0 Å². The van der Waals surface area contributed by atoms with E-state index in [0.717, 1.165) is 6.26 Å². The molecule has 0 saturated heterocycles. The van der Waals surface area contributed by atoms with Gasteiger partial charge in [0.15, 0.2) is 9.84 Å². The van der Waals surface area contributed by atoms with Gasteiger partial charge in [-0.05, 0) is 25.5 Å². The van der Waals surface area contributed by atoms with Crippen LogP contribution in [0.4, 0.5) is 0 Å². The maximum atomic E-state index is 11.8. The summed E-state index contributed by atoms with van der Waals surface area (Å²) in [6.45, 7) is 3.10. The second-order valence-electron chi connectivity index (χ2n) is 4.75. The van der Waals surface area contributed by atoms with Crippen LogP contribution in [0.1, 0.15) is 24.8 Å². The molecule has 0 N–H and O–H groups in total. The summed E-state index contributed by atoms with van der Waals surface area (Å²) in [6, 6.07) is 3.06. The molecule has 1 unspecified atom stereocenters. The molecule has 0 amide bonds. The Morgan fingerprint density at radius 1 is 1.21 bits per heavy atom. The van der Waals surface area contributed by atoms with Crippen molar-refractivity contribution in [2.24, 2.45) is 0 Å². The van der Waals surface area contributed by atoms with Gasteiger partial charge in [-0.1, -0.05) is 23.2 Å². The van der Waals surface area contributed by atoms with Gasteiger partial charge in [-0.15, -0.1) is 11.6 Å². The van der Waals surface area contributed by atoms with E-state index in [-0.39, 0.29) is 0 Å². The molecule has 0 spiro atoms. The molecule has 0 saturated carbocycles. The number of alkyl halides is 1. The molecule has 0 aliphatic rings. The lowest BCUT2D eigenvalue weighted by Gasteiger charge is -2.29. The summed E-state index contributed by atoms with van der Waals surface area (Å²) in [5.41, 5.74) is 0.463. The average molecular weight is 346 g/mol. The molecule has 1 atom stereocenters. The molecule has 0 bridgehead atoms. The summed E-state index contributed by atoms with van der Waals surface area (Å²) in [5, 5.41) is -0.173. The van der Waals surface area contributed by atoms with Crippen LogP contribution in [0, 0.1) is 0 Å². The first-order chi connectivity index (χ1) is 8.52. The lowest BCUT2D eigenvalue weighted by molar-refractivity contribution is 0.415. The minimum atomic E-state index is -3.36. The van der Waals surface area contributed by atoms with Crippen molar-refractivity contribution in [1.82, 2.24) is 0 Å². The van der Waals surface area contributed by atoms with Gasteiger partial charge in [0.2, 0.25) is 0 Å². The first kappa shape index (κ1) is 16.9. The Bertz CT molecular complexity index is 582. The fourth-order valence-electron chi connectivity index (χ4n) is 1.46. The zero-order valence-electron chi connectivity index (χ0n) is 11.0. The molecule has 0 aliphatic carbocycles. The van der Waals surface area contributed by atoms with E-state index in [4.69, 9.17) is 39.5 Å². The predicted molar refractivity (Wildman–Crippen MR) is 80.5 cm³/mol. The number of benzene rings is 1. The second-order valence-corrected chi connectivity index (χ2v) is 8.59. The first-order valence-corrected chi connectivity index (χ1v) is 8.47. The number of methoxy groups -OCH3 is 1. The SMILES string of the molecule is COc1cc(Cl)c(C(Cl)C(C)(C)S(C)(=O)=O)cc1Cl. The van der Waals surface area contributed by atoms with E-state index in [1.54, 1.807) is 13.8 Å². The smallest absolute Gasteiger partial charge is 0.154 e. The number of sulfone groups is 1. The predicted octanol–water partition coefficient (Wildman–Crippen LogP) is 4.11. The molecule has 0 radical (unpaired) electrons. The molecule has 3 nitrogen and oxygen atoms in total. The average Bonchev–Trinajstić information content (AvgIpc) is 2.29. The molecule has 108 valence electrons. The van der Waals surface area contributed by atoms with Gasteiger partial charge in [-0.25, -0.2) is 8.42 Å². The Morgan fingerprint density at radius 2 is 1.74 bits per heavy atom. The van der Waals surface area contributed by atoms with Crippen LogP contribution in [-0.2, 0) is 9.84 Å². The Morgan fingerprint density at radius 3 is 2.16 bits per heavy atom. The molecule has 7 heteroatoms. The zero-order valence-corrected chi connectivity index (χ0v) is 14.1. The normalized spacial score (nSPS) is 14.3. The molecular formula is C12H15Cl3O3S. The maximum absolute atomic E-state index is 11.8. The Labute approximate surface area is 128 Å². The summed E-state index contributed by atoms with van der Waals surface area (Å²) in [7, 11) is -1.89. The molecule has 0 aromatic heterocycles. The van der Waals surface area contributed by atoms with Crippen LogP contribution in [-0.4, -0.2) is 26.5 Å². The van der Waals surface area contributed by atoms with Crippen molar-refractivity contribution in [3.8, 4) is 5.75 Å². The summed E-state index contributed by atoms with van der Waals surface area (Å²) in [5.74, 6) is 0.413. The van der Waals surface area contributed by atoms with Crippen LogP contribution < -0.4 is 4.74 Å². The fourth-order valence-corrected chi connectivity index (χ4v) is 3.19. The quantitative estimate of drug-likeness (QED) is 0.771. The standard InChI is InChI=1S/C12H15Cl3O3S/c1-12(2,19(4,16)17)11(15)7-5-9(14)10(18-3)6-8(7)13/h5-6,11H,1-4H3. The largest absolute Gasteiger partial charge is 0.495 e. The maximum Gasteiger partial charge on any atom is 0.154 e. The van der Waals surface area contributed by atoms with Crippen LogP contribution in [0.5, 0.6) is 5.75 Å². The summed E-state index contributed by atoms with van der Waals surface area (Å²) in [4.78, 5) is 0. The highest BCUT2D eigenvalue weighted by Crippen LogP contribution is 2.43. The molecule has 1 rings (SSSR count). The van der Waals surface area contributed by atoms with Crippen LogP contribution in [0.3, 0.4) is 0 Å². The van der Waals surface area contributed by atoms with Crippen LogP contribution >= 0.6 is 34.8 Å². The van der Waals surface area contributed by atoms with Gasteiger partial charge in [0.25, 0.3) is 0 Å². The van der Waals surface area contributed by atoms with E-state index in [0.29, 0.717) is 21.4 Å². The van der Waals surface area contributed by atoms with Crippen molar-refractivity contribution >= 4 is 44.6 Å². The van der Waals surface area contributed by atoms with Crippen molar-refractivity contribution in [3.05, 3.63) is 27.7 Å². The van der Waals surface area contributed by atoms with Gasteiger partial charge in [0, 0.05) is 17.3 Å². The minimum absolute atomic E-state index is 0.318. The summed E-state index contributed by atoms with van der Waals surface area (Å²) < 4.78 is 27.5. The Hall–Kier alpha value is -0.160. The molecule has 0 aliphatic heterocycles. The number of hydrogen-bond donors (Lipinski definition) is 0. The second kappa shape index (κ2) is 5.68. The Kier molecular flexibility index (Phi) is 5.05. The van der Waals surface area contributed by atoms with Crippen molar-refractivity contribution in [2.75, 3.05) is 13.4 Å². The van der Waals surface area contributed by atoms with E-state index < -0.39 is 20.0 Å². The zero-order chi connectivity index (χ0) is 15.0. The van der Waals surface area contributed by atoms with Crippen LogP contribution in [0.15, 0.2) is 12.1 Å². The number of hydrogen-bond acceptors (Lipinski definition) is 3. The molecule has 19 heavy (non-hydrogen) atoms. The molecule has 0 fully saturated rings. The van der Waals surface area contributed by atoms with Crippen molar-refractivity contribution in [1.29, 1.82) is 0 Å². The monoisotopic (exact) mass is 344 g/mol. The van der Waals surface area contributed by atoms with E-state index in [2.05, 4.69) is 0 Å². The first-order valence-electron chi connectivity index (χ1n) is 5.39. The van der Waals surface area contributed by atoms with E-state index >= 15 is 0 Å². The van der Waals surface area contributed by atoms with Gasteiger partial charge in [-0.3, -0.25) is 0 Å². The molecule has 1 aromatic carbocycles. The lowest BCUT2D eigenvalue weighted by Crippen LogP contribution is -2.35. The highest BCUT2D eigenvalue weighted by atomic mass is 35.5. The highest BCUT2D eigenvalue weighted by molar-refractivity contribution is 7.92. The van der Waals surface area contributed by atoms with Crippen LogP contribution in [0.2, 0.25) is 10.0 Å². The minimum Gasteiger partial charge on any atom is -0.495 e. The highest BCUT2D eigenvalue weighted by Gasteiger charge is 2.40. The summed E-state index contributed by atoms with van der Waals surface area (Å²) in [6.07, 6.45) is 1.14. The number of halogens is 3. The number of ether oxygens (including phenoxy) is 1. The number of rotatable bonds is 4. The third-order valence-corrected chi connectivity index (χ3v) is 6.79. The fraction of sp³-hybridized carbons (Fsp3) is 0.500.